The summed E-state index contributed by atoms with van der Waals surface area (Å²) in [5.41, 5.74) is 1.58. The van der Waals surface area contributed by atoms with E-state index in [-0.39, 0.29) is 5.56 Å². The Balaban J connectivity index is 2.55. The molecule has 2 heterocycles. The van der Waals surface area contributed by atoms with E-state index >= 15 is 0 Å². The van der Waals surface area contributed by atoms with Crippen LogP contribution in [0.15, 0.2) is 23.0 Å². The van der Waals surface area contributed by atoms with Crippen LogP contribution in [0.4, 0.5) is 0 Å². The van der Waals surface area contributed by atoms with Crippen LogP contribution in [-0.4, -0.2) is 9.55 Å². The van der Waals surface area contributed by atoms with Crippen LogP contribution in [0.2, 0.25) is 0 Å². The minimum absolute atomic E-state index is 0.0515. The maximum atomic E-state index is 11.9. The topological polar surface area (TPSA) is 34.9 Å². The number of hydrogen-bond donors (Lipinski definition) is 0. The molecule has 2 aliphatic rings. The van der Waals surface area contributed by atoms with Gasteiger partial charge in [0.15, 0.2) is 0 Å². The number of nitrogens with zero attached hydrogens (tertiary/aromatic N) is 2. The smallest absolute Gasteiger partial charge is 0.261 e. The third-order valence-corrected chi connectivity index (χ3v) is 2.45. The van der Waals surface area contributed by atoms with Crippen LogP contribution in [0.1, 0.15) is 5.69 Å². The molecule has 1 aromatic rings. The SMILES string of the molecule is O=c1c2c(nc3n1CC=CC=3)C=CC=2. The van der Waals surface area contributed by atoms with E-state index in [4.69, 9.17) is 0 Å². The van der Waals surface area contributed by atoms with Crippen molar-refractivity contribution >= 4 is 18.2 Å². The number of rotatable bonds is 0. The van der Waals surface area contributed by atoms with Crippen molar-refractivity contribution < 1.29 is 0 Å². The van der Waals surface area contributed by atoms with Crippen LogP contribution in [0.3, 0.4) is 0 Å². The van der Waals surface area contributed by atoms with Crippen molar-refractivity contribution in [1.29, 1.82) is 0 Å². The average molecular weight is 184 g/mol. The van der Waals surface area contributed by atoms with Gasteiger partial charge < -0.3 is 0 Å². The molecule has 3 rings (SSSR count). The summed E-state index contributed by atoms with van der Waals surface area (Å²) in [5.74, 6) is 0. The molecule has 0 aromatic carbocycles. The van der Waals surface area contributed by atoms with E-state index in [0.717, 1.165) is 11.2 Å². The monoisotopic (exact) mass is 184 g/mol. The molecule has 0 bridgehead atoms. The lowest BCUT2D eigenvalue weighted by molar-refractivity contribution is 0.704. The highest BCUT2D eigenvalue weighted by Crippen LogP contribution is 1.94. The molecule has 0 fully saturated rings. The van der Waals surface area contributed by atoms with Gasteiger partial charge in [0.25, 0.3) is 5.56 Å². The molecule has 0 saturated heterocycles. The summed E-state index contributed by atoms with van der Waals surface area (Å²) in [7, 11) is 0. The third-order valence-electron chi connectivity index (χ3n) is 2.45. The molecule has 68 valence electrons. The molecule has 3 nitrogen and oxygen atoms in total. The van der Waals surface area contributed by atoms with Crippen molar-refractivity contribution in [3.05, 3.63) is 45.0 Å². The van der Waals surface area contributed by atoms with E-state index in [0.29, 0.717) is 11.8 Å². The quantitative estimate of drug-likeness (QED) is 0.539. The molecule has 3 heteroatoms. The second-order valence-corrected chi connectivity index (χ2v) is 3.31. The Bertz CT molecular complexity index is 632. The molecule has 1 aromatic heterocycles. The van der Waals surface area contributed by atoms with Crippen molar-refractivity contribution in [3.63, 3.8) is 0 Å². The fourth-order valence-electron chi connectivity index (χ4n) is 1.75. The minimum Gasteiger partial charge on any atom is -0.289 e. The molecule has 0 N–H and O–H groups in total. The van der Waals surface area contributed by atoms with Gasteiger partial charge in [-0.05, 0) is 18.2 Å². The van der Waals surface area contributed by atoms with Crippen molar-refractivity contribution in [3.8, 4) is 0 Å². The molecule has 0 amide bonds. The van der Waals surface area contributed by atoms with E-state index < -0.39 is 0 Å². The number of hydrogen-bond acceptors (Lipinski definition) is 2. The second kappa shape index (κ2) is 2.54. The largest absolute Gasteiger partial charge is 0.289 e. The summed E-state index contributed by atoms with van der Waals surface area (Å²) in [5, 5.41) is 0.706. The Kier molecular flexibility index (Phi) is 1.36. The van der Waals surface area contributed by atoms with Gasteiger partial charge in [-0.2, -0.15) is 0 Å². The van der Waals surface area contributed by atoms with Gasteiger partial charge in [0.2, 0.25) is 0 Å². The zero-order valence-corrected chi connectivity index (χ0v) is 7.47. The highest BCUT2D eigenvalue weighted by molar-refractivity contribution is 5.63. The average Bonchev–Trinajstić information content (AvgIpc) is 2.66. The first-order valence-electron chi connectivity index (χ1n) is 4.52. The predicted octanol–water partition coefficient (Wildman–Crippen LogP) is -0.599. The maximum Gasteiger partial charge on any atom is 0.261 e. The van der Waals surface area contributed by atoms with E-state index in [1.165, 1.54) is 0 Å². The lowest BCUT2D eigenvalue weighted by Gasteiger charge is -2.06. The molecule has 0 atom stereocenters. The lowest BCUT2D eigenvalue weighted by atomic mass is 10.3. The zero-order chi connectivity index (χ0) is 9.54. The van der Waals surface area contributed by atoms with Crippen molar-refractivity contribution in [2.24, 2.45) is 0 Å². The van der Waals surface area contributed by atoms with Crippen LogP contribution < -0.4 is 16.3 Å². The summed E-state index contributed by atoms with van der Waals surface area (Å²) in [4.78, 5) is 16.3. The molecule has 0 spiro atoms. The van der Waals surface area contributed by atoms with Gasteiger partial charge in [-0.1, -0.05) is 18.2 Å². The second-order valence-electron chi connectivity index (χ2n) is 3.31. The molecule has 14 heavy (non-hydrogen) atoms. The summed E-state index contributed by atoms with van der Waals surface area (Å²) >= 11 is 0. The molecule has 0 unspecified atom stereocenters. The summed E-state index contributed by atoms with van der Waals surface area (Å²) in [6.45, 7) is 0.624. The summed E-state index contributed by atoms with van der Waals surface area (Å²) in [6, 6.07) is 0. The van der Waals surface area contributed by atoms with Gasteiger partial charge >= 0.3 is 0 Å². The van der Waals surface area contributed by atoms with Gasteiger partial charge in [-0.15, -0.1) is 0 Å². The first-order valence-corrected chi connectivity index (χ1v) is 4.52. The number of allylic oxidation sites excluding steroid dienone is 3. The summed E-state index contributed by atoms with van der Waals surface area (Å²) < 4.78 is 1.68. The van der Waals surface area contributed by atoms with Crippen LogP contribution in [0.5, 0.6) is 0 Å². The van der Waals surface area contributed by atoms with Gasteiger partial charge in [-0.25, -0.2) is 4.98 Å². The van der Waals surface area contributed by atoms with Gasteiger partial charge in [0.05, 0.1) is 10.9 Å². The fourth-order valence-corrected chi connectivity index (χ4v) is 1.75. The van der Waals surface area contributed by atoms with Crippen LogP contribution in [-0.2, 0) is 6.54 Å². The van der Waals surface area contributed by atoms with Crippen LogP contribution in [0.25, 0.3) is 18.2 Å². The Hall–Kier alpha value is -1.90. The maximum absolute atomic E-state index is 11.9. The molecule has 1 aliphatic heterocycles. The first-order chi connectivity index (χ1) is 6.86. The Morgan fingerprint density at radius 2 is 2.21 bits per heavy atom. The Morgan fingerprint density at radius 3 is 3.14 bits per heavy atom. The van der Waals surface area contributed by atoms with Gasteiger partial charge in [0.1, 0.15) is 5.48 Å². The highest BCUT2D eigenvalue weighted by Gasteiger charge is 2.07. The van der Waals surface area contributed by atoms with Crippen LogP contribution in [0, 0.1) is 0 Å². The van der Waals surface area contributed by atoms with E-state index in [2.05, 4.69) is 4.98 Å². The van der Waals surface area contributed by atoms with E-state index in [1.54, 1.807) is 4.57 Å². The summed E-state index contributed by atoms with van der Waals surface area (Å²) in [6.07, 6.45) is 11.3. The molecule has 0 radical (unpaired) electrons. The number of fused-ring (bicyclic) bond motifs is 2. The standard InChI is InChI=1S/C11H8N2O/c14-11-8-4-3-5-9(8)12-10-6-1-2-7-13(10)11/h1-6H,7H2. The molecular weight excluding hydrogens is 176 g/mol. The van der Waals surface area contributed by atoms with E-state index in [1.807, 2.05) is 36.5 Å². The molecular formula is C11H8N2O. The predicted molar refractivity (Wildman–Crippen MR) is 54.9 cm³/mol. The molecule has 1 aliphatic carbocycles. The fraction of sp³-hybridized carbons (Fsp3) is 0.0909. The van der Waals surface area contributed by atoms with Crippen molar-refractivity contribution in [2.75, 3.05) is 0 Å². The van der Waals surface area contributed by atoms with Crippen molar-refractivity contribution in [1.82, 2.24) is 9.55 Å². The van der Waals surface area contributed by atoms with Gasteiger partial charge in [-0.3, -0.25) is 9.36 Å². The van der Waals surface area contributed by atoms with E-state index in [9.17, 15) is 4.79 Å². The van der Waals surface area contributed by atoms with Crippen LogP contribution >= 0.6 is 0 Å². The van der Waals surface area contributed by atoms with Crippen molar-refractivity contribution in [2.45, 2.75) is 6.54 Å². The minimum atomic E-state index is 0.0515. The normalized spacial score (nSPS) is 15.7. The van der Waals surface area contributed by atoms with Gasteiger partial charge in [0, 0.05) is 6.54 Å². The lowest BCUT2D eigenvalue weighted by Crippen LogP contribution is -2.46. The Morgan fingerprint density at radius 1 is 1.29 bits per heavy atom. The molecule has 0 saturated carbocycles. The third kappa shape index (κ3) is 0.865. The highest BCUT2D eigenvalue weighted by atomic mass is 16.1. The zero-order valence-electron chi connectivity index (χ0n) is 7.47. The Labute approximate surface area is 80.0 Å². The first kappa shape index (κ1) is 7.50. The number of aromatic nitrogens is 2.